The molecule has 0 spiro atoms. The van der Waals surface area contributed by atoms with Gasteiger partial charge in [0.15, 0.2) is 0 Å². The molecule has 8 nitrogen and oxygen atoms in total. The number of piperazine rings is 1. The number of hydrogen-bond donors (Lipinski definition) is 2. The summed E-state index contributed by atoms with van der Waals surface area (Å²) in [5.41, 5.74) is 2.76. The maximum Gasteiger partial charge on any atom is 0.303 e. The highest BCUT2D eigenvalue weighted by Crippen LogP contribution is 2.25. The van der Waals surface area contributed by atoms with Gasteiger partial charge in [-0.05, 0) is 49.8 Å². The molecule has 2 fully saturated rings. The van der Waals surface area contributed by atoms with Gasteiger partial charge in [0.25, 0.3) is 0 Å². The Hall–Kier alpha value is -2.61. The normalized spacial score (nSPS) is 18.9. The van der Waals surface area contributed by atoms with Gasteiger partial charge in [-0.1, -0.05) is 19.1 Å². The van der Waals surface area contributed by atoms with Crippen LogP contribution in [0.15, 0.2) is 12.1 Å². The zero-order valence-corrected chi connectivity index (χ0v) is 20.0. The Balaban J connectivity index is 1.43. The first-order chi connectivity index (χ1) is 15.7. The summed E-state index contributed by atoms with van der Waals surface area (Å²) in [6.07, 6.45) is 2.40. The fourth-order valence-corrected chi connectivity index (χ4v) is 5.08. The molecule has 2 aliphatic heterocycles. The molecule has 0 radical (unpaired) electrons. The van der Waals surface area contributed by atoms with E-state index in [2.05, 4.69) is 4.90 Å². The number of carbonyl (C=O) groups is 3. The van der Waals surface area contributed by atoms with E-state index in [9.17, 15) is 19.5 Å². The van der Waals surface area contributed by atoms with Crippen LogP contribution in [0.1, 0.15) is 49.3 Å². The highest BCUT2D eigenvalue weighted by Gasteiger charge is 2.31. The molecule has 8 heteroatoms. The van der Waals surface area contributed by atoms with Gasteiger partial charge in [0, 0.05) is 57.6 Å². The van der Waals surface area contributed by atoms with Gasteiger partial charge in [-0.15, -0.1) is 0 Å². The fourth-order valence-electron chi connectivity index (χ4n) is 5.08. The molecule has 1 atom stereocenters. The summed E-state index contributed by atoms with van der Waals surface area (Å²) < 4.78 is 0. The number of benzene rings is 1. The van der Waals surface area contributed by atoms with Crippen molar-refractivity contribution in [2.45, 2.75) is 58.9 Å². The molecule has 0 aromatic heterocycles. The van der Waals surface area contributed by atoms with Crippen molar-refractivity contribution < 1.29 is 24.6 Å². The molecule has 0 unspecified atom stereocenters. The van der Waals surface area contributed by atoms with Crippen LogP contribution in [-0.4, -0.2) is 88.0 Å². The Morgan fingerprint density at radius 2 is 1.52 bits per heavy atom. The summed E-state index contributed by atoms with van der Waals surface area (Å²) in [4.78, 5) is 42.0. The van der Waals surface area contributed by atoms with E-state index >= 15 is 0 Å². The minimum atomic E-state index is -0.937. The number of piperidine rings is 1. The second-order valence-corrected chi connectivity index (χ2v) is 9.55. The zero-order chi connectivity index (χ0) is 24.1. The third kappa shape index (κ3) is 6.47. The molecule has 1 aromatic rings. The predicted molar refractivity (Wildman–Crippen MR) is 125 cm³/mol. The molecule has 2 saturated heterocycles. The molecule has 33 heavy (non-hydrogen) atoms. The number of rotatable bonds is 7. The van der Waals surface area contributed by atoms with E-state index in [4.69, 9.17) is 5.11 Å². The molecule has 2 amide bonds. The summed E-state index contributed by atoms with van der Waals surface area (Å²) in [5.74, 6) is -0.617. The van der Waals surface area contributed by atoms with Gasteiger partial charge in [-0.25, -0.2) is 0 Å². The molecule has 0 bridgehead atoms. The minimum Gasteiger partial charge on any atom is -0.507 e. The van der Waals surface area contributed by atoms with Crippen LogP contribution < -0.4 is 0 Å². The zero-order valence-electron chi connectivity index (χ0n) is 20.0. The maximum absolute atomic E-state index is 13.0. The second-order valence-electron chi connectivity index (χ2n) is 9.55. The summed E-state index contributed by atoms with van der Waals surface area (Å²) in [6.45, 7) is 10.2. The maximum atomic E-state index is 13.0. The minimum absolute atomic E-state index is 0.0701. The van der Waals surface area contributed by atoms with E-state index < -0.39 is 5.97 Å². The van der Waals surface area contributed by atoms with Crippen molar-refractivity contribution in [2.75, 3.05) is 39.3 Å². The number of likely N-dealkylation sites (tertiary alicyclic amines) is 1. The van der Waals surface area contributed by atoms with Gasteiger partial charge in [0.05, 0.1) is 6.42 Å². The van der Waals surface area contributed by atoms with Gasteiger partial charge in [0.2, 0.25) is 11.8 Å². The number of carboxylic acids is 1. The van der Waals surface area contributed by atoms with E-state index in [1.807, 2.05) is 37.8 Å². The molecule has 2 N–H and O–H groups in total. The molecule has 2 aliphatic rings. The highest BCUT2D eigenvalue weighted by atomic mass is 16.4. The van der Waals surface area contributed by atoms with Crippen LogP contribution in [0.3, 0.4) is 0 Å². The van der Waals surface area contributed by atoms with Gasteiger partial charge in [-0.2, -0.15) is 0 Å². The Labute approximate surface area is 196 Å². The SMILES string of the molecule is Cc1cc(C[C@@H](C)C(=O)N2CCN(C3CCN(C(=O)CCC(=O)O)CC3)CC2)cc(C)c1O. The van der Waals surface area contributed by atoms with Crippen molar-refractivity contribution in [1.82, 2.24) is 14.7 Å². The lowest BCUT2D eigenvalue weighted by molar-refractivity contribution is -0.141. The third-order valence-electron chi connectivity index (χ3n) is 7.03. The summed E-state index contributed by atoms with van der Waals surface area (Å²) in [5, 5.41) is 18.7. The largest absolute Gasteiger partial charge is 0.507 e. The number of carboxylic acid groups (broad SMARTS) is 1. The number of aromatic hydroxyl groups is 1. The molecular weight excluding hydrogens is 422 g/mol. The topological polar surface area (TPSA) is 101 Å². The van der Waals surface area contributed by atoms with Crippen molar-refractivity contribution in [3.63, 3.8) is 0 Å². The smallest absolute Gasteiger partial charge is 0.303 e. The van der Waals surface area contributed by atoms with Gasteiger partial charge in [0.1, 0.15) is 5.75 Å². The summed E-state index contributed by atoms with van der Waals surface area (Å²) in [6, 6.07) is 4.33. The van der Waals surface area contributed by atoms with E-state index in [-0.39, 0.29) is 30.6 Å². The van der Waals surface area contributed by atoms with E-state index in [0.29, 0.717) is 44.4 Å². The Bertz CT molecular complexity index is 848. The molecule has 1 aromatic carbocycles. The van der Waals surface area contributed by atoms with Gasteiger partial charge < -0.3 is 20.0 Å². The fraction of sp³-hybridized carbons (Fsp3) is 0.640. The first-order valence-electron chi connectivity index (χ1n) is 12.0. The predicted octanol–water partition coefficient (Wildman–Crippen LogP) is 2.19. The molecular formula is C25H37N3O5. The molecule has 3 rings (SSSR count). The number of carbonyl (C=O) groups excluding carboxylic acids is 2. The number of hydrogen-bond acceptors (Lipinski definition) is 5. The second kappa shape index (κ2) is 11.0. The lowest BCUT2D eigenvalue weighted by Gasteiger charge is -2.43. The van der Waals surface area contributed by atoms with Crippen LogP contribution in [-0.2, 0) is 20.8 Å². The number of phenolic OH excluding ortho intramolecular Hbond substituents is 1. The average Bonchev–Trinajstić information content (AvgIpc) is 2.80. The number of amides is 2. The first kappa shape index (κ1) is 25.0. The van der Waals surface area contributed by atoms with Crippen LogP contribution in [0.25, 0.3) is 0 Å². The monoisotopic (exact) mass is 459 g/mol. The van der Waals surface area contributed by atoms with E-state index in [0.717, 1.165) is 42.6 Å². The van der Waals surface area contributed by atoms with Crippen LogP contribution >= 0.6 is 0 Å². The molecule has 2 heterocycles. The van der Waals surface area contributed by atoms with Crippen LogP contribution in [0.2, 0.25) is 0 Å². The number of phenols is 1. The average molecular weight is 460 g/mol. The lowest BCUT2D eigenvalue weighted by Crippen LogP contribution is -2.55. The van der Waals surface area contributed by atoms with Gasteiger partial charge in [-0.3, -0.25) is 19.3 Å². The number of nitrogens with zero attached hydrogens (tertiary/aromatic N) is 3. The Kier molecular flexibility index (Phi) is 8.35. The molecule has 0 aliphatic carbocycles. The van der Waals surface area contributed by atoms with Crippen molar-refractivity contribution in [1.29, 1.82) is 0 Å². The Morgan fingerprint density at radius 1 is 0.939 bits per heavy atom. The number of aryl methyl sites for hydroxylation is 2. The van der Waals surface area contributed by atoms with Crippen LogP contribution in [0.4, 0.5) is 0 Å². The van der Waals surface area contributed by atoms with Crippen molar-refractivity contribution in [3.8, 4) is 5.75 Å². The van der Waals surface area contributed by atoms with E-state index in [1.54, 1.807) is 4.90 Å². The molecule has 0 saturated carbocycles. The quantitative estimate of drug-likeness (QED) is 0.648. The van der Waals surface area contributed by atoms with Crippen molar-refractivity contribution in [2.24, 2.45) is 5.92 Å². The Morgan fingerprint density at radius 3 is 2.06 bits per heavy atom. The van der Waals surface area contributed by atoms with E-state index in [1.165, 1.54) is 0 Å². The lowest BCUT2D eigenvalue weighted by atomic mass is 9.96. The molecule has 182 valence electrons. The van der Waals surface area contributed by atoms with Crippen molar-refractivity contribution in [3.05, 3.63) is 28.8 Å². The first-order valence-corrected chi connectivity index (χ1v) is 12.0. The van der Waals surface area contributed by atoms with Gasteiger partial charge >= 0.3 is 5.97 Å². The summed E-state index contributed by atoms with van der Waals surface area (Å²) >= 11 is 0. The summed E-state index contributed by atoms with van der Waals surface area (Å²) in [7, 11) is 0. The van der Waals surface area contributed by atoms with Crippen LogP contribution in [0, 0.1) is 19.8 Å². The van der Waals surface area contributed by atoms with Crippen LogP contribution in [0.5, 0.6) is 5.75 Å². The third-order valence-corrected chi connectivity index (χ3v) is 7.03. The highest BCUT2D eigenvalue weighted by molar-refractivity contribution is 5.81. The standard InChI is InChI=1S/C25H37N3O5/c1-17-14-20(15-18(2)24(17)32)16-19(3)25(33)28-12-10-26(11-13-28)21-6-8-27(9-7-21)22(29)4-5-23(30)31/h14-15,19,21,32H,4-13,16H2,1-3H3,(H,30,31)/t19-/m1/s1. The van der Waals surface area contributed by atoms with Crippen molar-refractivity contribution >= 4 is 17.8 Å². The number of aliphatic carboxylic acids is 1.